The van der Waals surface area contributed by atoms with Gasteiger partial charge >= 0.3 is 0 Å². The molecule has 1 aliphatic heterocycles. The Morgan fingerprint density at radius 2 is 2.43 bits per heavy atom. The molecule has 1 aromatic rings. The molecule has 1 aliphatic rings. The number of ether oxygens (including phenoxy) is 1. The average molecular weight is 232 g/mol. The van der Waals surface area contributed by atoms with Crippen molar-refractivity contribution in [2.45, 2.75) is 13.5 Å². The van der Waals surface area contributed by atoms with Crippen molar-refractivity contribution in [1.29, 1.82) is 0 Å². The Labute approximate surface area is 93.2 Å². The van der Waals surface area contributed by atoms with Gasteiger partial charge in [-0.1, -0.05) is 18.5 Å². The Hall–Kier alpha value is -0.0900. The van der Waals surface area contributed by atoms with Crippen molar-refractivity contribution in [3.05, 3.63) is 21.3 Å². The summed E-state index contributed by atoms with van der Waals surface area (Å²) in [7, 11) is 0. The van der Waals surface area contributed by atoms with Crippen LogP contribution in [0, 0.1) is 5.41 Å². The highest BCUT2D eigenvalue weighted by Crippen LogP contribution is 2.25. The average Bonchev–Trinajstić information content (AvgIpc) is 2.49. The maximum atomic E-state index is 5.83. The van der Waals surface area contributed by atoms with E-state index in [-0.39, 0.29) is 0 Å². The smallest absolute Gasteiger partial charge is 0.0554 e. The number of thiophene rings is 1. The molecule has 2 heterocycles. The summed E-state index contributed by atoms with van der Waals surface area (Å²) in [4.78, 5) is 1.29. The zero-order chi connectivity index (χ0) is 10.0. The van der Waals surface area contributed by atoms with Crippen LogP contribution in [0.15, 0.2) is 11.4 Å². The molecular weight excluding hydrogens is 218 g/mol. The van der Waals surface area contributed by atoms with E-state index < -0.39 is 0 Å². The van der Waals surface area contributed by atoms with E-state index >= 15 is 0 Å². The van der Waals surface area contributed by atoms with Gasteiger partial charge in [-0.2, -0.15) is 0 Å². The molecule has 1 N–H and O–H groups in total. The summed E-state index contributed by atoms with van der Waals surface area (Å²) in [5, 5.41) is 6.23. The van der Waals surface area contributed by atoms with Crippen LogP contribution in [0.25, 0.3) is 0 Å². The Morgan fingerprint density at radius 1 is 1.64 bits per heavy atom. The molecule has 1 fully saturated rings. The van der Waals surface area contributed by atoms with E-state index in [2.05, 4.69) is 12.2 Å². The van der Waals surface area contributed by atoms with Crippen molar-refractivity contribution in [3.63, 3.8) is 0 Å². The van der Waals surface area contributed by atoms with Gasteiger partial charge in [0.25, 0.3) is 0 Å². The van der Waals surface area contributed by atoms with E-state index in [0.717, 1.165) is 31.3 Å². The molecule has 0 unspecified atom stereocenters. The maximum absolute atomic E-state index is 5.83. The third kappa shape index (κ3) is 2.48. The van der Waals surface area contributed by atoms with E-state index in [9.17, 15) is 0 Å². The summed E-state index contributed by atoms with van der Waals surface area (Å²) in [5.74, 6) is 0. The monoisotopic (exact) mass is 231 g/mol. The minimum atomic E-state index is 0.348. The number of hydrogen-bond acceptors (Lipinski definition) is 3. The standard InChI is InChI=1S/C10H14ClNOS/c1-10(6-13-7-10)5-12-3-9-2-8(11)4-14-9/h2,4,12H,3,5-7H2,1H3. The van der Waals surface area contributed by atoms with Crippen LogP contribution >= 0.6 is 22.9 Å². The Kier molecular flexibility index (Phi) is 3.12. The fourth-order valence-electron chi connectivity index (χ4n) is 1.49. The van der Waals surface area contributed by atoms with E-state index in [1.165, 1.54) is 4.88 Å². The van der Waals surface area contributed by atoms with Crippen LogP contribution in [0.2, 0.25) is 5.02 Å². The lowest BCUT2D eigenvalue weighted by Gasteiger charge is -2.38. The molecule has 0 radical (unpaired) electrons. The predicted octanol–water partition coefficient (Wildman–Crippen LogP) is 2.53. The van der Waals surface area contributed by atoms with Gasteiger partial charge in [0.2, 0.25) is 0 Å². The maximum Gasteiger partial charge on any atom is 0.0554 e. The highest BCUT2D eigenvalue weighted by molar-refractivity contribution is 7.10. The van der Waals surface area contributed by atoms with Gasteiger partial charge in [-0.15, -0.1) is 11.3 Å². The Bertz CT molecular complexity index is 309. The summed E-state index contributed by atoms with van der Waals surface area (Å²) < 4.78 is 5.19. The van der Waals surface area contributed by atoms with Crippen molar-refractivity contribution >= 4 is 22.9 Å². The minimum Gasteiger partial charge on any atom is -0.380 e. The van der Waals surface area contributed by atoms with Crippen molar-refractivity contribution in [2.24, 2.45) is 5.41 Å². The van der Waals surface area contributed by atoms with E-state index in [1.54, 1.807) is 11.3 Å². The molecule has 2 rings (SSSR count). The van der Waals surface area contributed by atoms with Gasteiger partial charge in [0.15, 0.2) is 0 Å². The molecule has 14 heavy (non-hydrogen) atoms. The van der Waals surface area contributed by atoms with Crippen LogP contribution < -0.4 is 5.32 Å². The molecule has 0 aromatic carbocycles. The van der Waals surface area contributed by atoms with Crippen molar-refractivity contribution in [3.8, 4) is 0 Å². The number of nitrogens with one attached hydrogen (secondary N) is 1. The third-order valence-electron chi connectivity index (χ3n) is 2.37. The van der Waals surface area contributed by atoms with Crippen molar-refractivity contribution < 1.29 is 4.74 Å². The van der Waals surface area contributed by atoms with Crippen LogP contribution in [-0.4, -0.2) is 19.8 Å². The first-order valence-electron chi connectivity index (χ1n) is 4.69. The van der Waals surface area contributed by atoms with Crippen LogP contribution in [0.3, 0.4) is 0 Å². The minimum absolute atomic E-state index is 0.348. The Morgan fingerprint density at radius 3 is 2.93 bits per heavy atom. The first kappa shape index (κ1) is 10.4. The lowest BCUT2D eigenvalue weighted by atomic mass is 9.89. The number of hydrogen-bond donors (Lipinski definition) is 1. The summed E-state index contributed by atoms with van der Waals surface area (Å²) >= 11 is 7.53. The van der Waals surface area contributed by atoms with Gasteiger partial charge in [0, 0.05) is 28.8 Å². The molecule has 0 amide bonds. The molecule has 0 atom stereocenters. The molecule has 0 aliphatic carbocycles. The molecule has 0 spiro atoms. The second kappa shape index (κ2) is 4.19. The van der Waals surface area contributed by atoms with E-state index in [0.29, 0.717) is 5.41 Å². The summed E-state index contributed by atoms with van der Waals surface area (Å²) in [6.07, 6.45) is 0. The normalized spacial score (nSPS) is 19.3. The molecule has 0 bridgehead atoms. The summed E-state index contributed by atoms with van der Waals surface area (Å²) in [5.41, 5.74) is 0.348. The number of halogens is 1. The van der Waals surface area contributed by atoms with Gasteiger partial charge in [0.1, 0.15) is 0 Å². The van der Waals surface area contributed by atoms with Crippen LogP contribution in [-0.2, 0) is 11.3 Å². The van der Waals surface area contributed by atoms with Crippen LogP contribution in [0.1, 0.15) is 11.8 Å². The molecule has 0 saturated carbocycles. The molecule has 78 valence electrons. The van der Waals surface area contributed by atoms with Gasteiger partial charge in [-0.3, -0.25) is 0 Å². The molecule has 4 heteroatoms. The van der Waals surface area contributed by atoms with Gasteiger partial charge < -0.3 is 10.1 Å². The highest BCUT2D eigenvalue weighted by atomic mass is 35.5. The van der Waals surface area contributed by atoms with Gasteiger partial charge in [-0.05, 0) is 6.07 Å². The lowest BCUT2D eigenvalue weighted by Crippen LogP contribution is -2.47. The number of rotatable bonds is 4. The van der Waals surface area contributed by atoms with Crippen LogP contribution in [0.5, 0.6) is 0 Å². The van der Waals surface area contributed by atoms with Gasteiger partial charge in [-0.25, -0.2) is 0 Å². The molecule has 1 aromatic heterocycles. The summed E-state index contributed by atoms with van der Waals surface area (Å²) in [6, 6.07) is 2.01. The van der Waals surface area contributed by atoms with Crippen molar-refractivity contribution in [1.82, 2.24) is 5.32 Å². The Balaban J connectivity index is 1.72. The fraction of sp³-hybridized carbons (Fsp3) is 0.600. The zero-order valence-electron chi connectivity index (χ0n) is 8.18. The fourth-order valence-corrected chi connectivity index (χ4v) is 2.53. The largest absolute Gasteiger partial charge is 0.380 e. The predicted molar refractivity (Wildman–Crippen MR) is 60.0 cm³/mol. The summed E-state index contributed by atoms with van der Waals surface area (Å²) in [6.45, 7) is 5.93. The van der Waals surface area contributed by atoms with Crippen LogP contribution in [0.4, 0.5) is 0 Å². The molecule has 1 saturated heterocycles. The SMILES string of the molecule is CC1(CNCc2cc(Cl)cs2)COC1. The van der Waals surface area contributed by atoms with E-state index in [1.807, 2.05) is 11.4 Å². The topological polar surface area (TPSA) is 21.3 Å². The van der Waals surface area contributed by atoms with Gasteiger partial charge in [0.05, 0.1) is 18.2 Å². The second-order valence-corrected chi connectivity index (χ2v) is 5.57. The first-order valence-corrected chi connectivity index (χ1v) is 5.95. The lowest BCUT2D eigenvalue weighted by molar-refractivity contribution is -0.0991. The first-order chi connectivity index (χ1) is 6.68. The third-order valence-corrected chi connectivity index (χ3v) is 3.66. The quantitative estimate of drug-likeness (QED) is 0.860. The highest BCUT2D eigenvalue weighted by Gasteiger charge is 2.32. The zero-order valence-corrected chi connectivity index (χ0v) is 9.75. The van der Waals surface area contributed by atoms with Crippen molar-refractivity contribution in [2.75, 3.05) is 19.8 Å². The second-order valence-electron chi connectivity index (χ2n) is 4.14. The molecular formula is C10H14ClNOS. The van der Waals surface area contributed by atoms with E-state index in [4.69, 9.17) is 16.3 Å². The molecule has 2 nitrogen and oxygen atoms in total.